The molecule has 2 unspecified atom stereocenters. The van der Waals surface area contributed by atoms with Gasteiger partial charge in [-0.15, -0.1) is 0 Å². The largest absolute Gasteiger partial charge is 0.380 e. The van der Waals surface area contributed by atoms with Crippen LogP contribution >= 0.6 is 0 Å². The molecule has 5 rings (SSSR count). The summed E-state index contributed by atoms with van der Waals surface area (Å²) in [5, 5.41) is 0.964. The lowest BCUT2D eigenvalue weighted by Crippen LogP contribution is -2.46. The summed E-state index contributed by atoms with van der Waals surface area (Å²) in [6.07, 6.45) is 0. The molecule has 2 saturated heterocycles. The summed E-state index contributed by atoms with van der Waals surface area (Å²) in [6.45, 7) is 11.3. The first-order chi connectivity index (χ1) is 16.5. The molecule has 4 heterocycles. The summed E-state index contributed by atoms with van der Waals surface area (Å²) < 4.78 is 16.7. The Kier molecular flexibility index (Phi) is 6.63. The standard InChI is InChI=1S/C26H33N5O3/c1-17-5-6-20(13-21(17)16-32-4)23-8-7-22-24(27-23)28-26(31-10-12-34-15-19(31)3)29-25(22)30-9-11-33-14-18(30)2/h5-8,13,18-19H,9-12,14-16H2,1-4H3. The highest BCUT2D eigenvalue weighted by Gasteiger charge is 2.27. The molecule has 0 aliphatic carbocycles. The molecule has 0 bridgehead atoms. The van der Waals surface area contributed by atoms with Crippen LogP contribution in [0.5, 0.6) is 0 Å². The van der Waals surface area contributed by atoms with Gasteiger partial charge in [-0.1, -0.05) is 12.1 Å². The van der Waals surface area contributed by atoms with E-state index in [9.17, 15) is 0 Å². The lowest BCUT2D eigenvalue weighted by molar-refractivity contribution is 0.0973. The zero-order valence-electron chi connectivity index (χ0n) is 20.5. The van der Waals surface area contributed by atoms with Gasteiger partial charge in [-0.05, 0) is 50.1 Å². The third kappa shape index (κ3) is 4.45. The maximum atomic E-state index is 5.69. The molecule has 180 valence electrons. The van der Waals surface area contributed by atoms with Crippen molar-refractivity contribution in [2.45, 2.75) is 39.5 Å². The third-order valence-corrected chi connectivity index (χ3v) is 6.74. The van der Waals surface area contributed by atoms with Gasteiger partial charge in [0.2, 0.25) is 5.95 Å². The van der Waals surface area contributed by atoms with Crippen LogP contribution in [0.2, 0.25) is 0 Å². The van der Waals surface area contributed by atoms with Gasteiger partial charge in [0, 0.05) is 25.8 Å². The highest BCUT2D eigenvalue weighted by Crippen LogP contribution is 2.31. The number of hydrogen-bond acceptors (Lipinski definition) is 8. The van der Waals surface area contributed by atoms with Crippen molar-refractivity contribution in [1.29, 1.82) is 0 Å². The van der Waals surface area contributed by atoms with Crippen molar-refractivity contribution in [3.05, 3.63) is 41.5 Å². The molecular weight excluding hydrogens is 430 g/mol. The highest BCUT2D eigenvalue weighted by molar-refractivity contribution is 5.90. The lowest BCUT2D eigenvalue weighted by Gasteiger charge is -2.37. The molecule has 8 heteroatoms. The fraction of sp³-hybridized carbons (Fsp3) is 0.500. The van der Waals surface area contributed by atoms with Crippen LogP contribution in [0.25, 0.3) is 22.3 Å². The van der Waals surface area contributed by atoms with Crippen LogP contribution in [0.1, 0.15) is 25.0 Å². The number of aromatic nitrogens is 3. The van der Waals surface area contributed by atoms with Crippen molar-refractivity contribution in [2.24, 2.45) is 0 Å². The summed E-state index contributed by atoms with van der Waals surface area (Å²) in [7, 11) is 1.72. The quantitative estimate of drug-likeness (QED) is 0.568. The Labute approximate surface area is 200 Å². The number of fused-ring (bicyclic) bond motifs is 1. The van der Waals surface area contributed by atoms with E-state index in [-0.39, 0.29) is 12.1 Å². The number of methoxy groups -OCH3 is 1. The summed E-state index contributed by atoms with van der Waals surface area (Å²) in [6, 6.07) is 11.0. The van der Waals surface area contributed by atoms with Crippen LogP contribution in [0.4, 0.5) is 11.8 Å². The normalized spacial score (nSPS) is 21.3. The summed E-state index contributed by atoms with van der Waals surface area (Å²) in [4.78, 5) is 19.6. The molecule has 34 heavy (non-hydrogen) atoms. The minimum Gasteiger partial charge on any atom is -0.380 e. The van der Waals surface area contributed by atoms with Crippen molar-refractivity contribution >= 4 is 22.8 Å². The van der Waals surface area contributed by atoms with Gasteiger partial charge in [-0.3, -0.25) is 0 Å². The van der Waals surface area contributed by atoms with E-state index >= 15 is 0 Å². The van der Waals surface area contributed by atoms with Crippen LogP contribution in [0.3, 0.4) is 0 Å². The molecule has 1 aromatic carbocycles. The molecule has 8 nitrogen and oxygen atoms in total. The van der Waals surface area contributed by atoms with Gasteiger partial charge in [-0.25, -0.2) is 4.98 Å². The zero-order valence-corrected chi connectivity index (χ0v) is 20.5. The summed E-state index contributed by atoms with van der Waals surface area (Å²) in [5.74, 6) is 1.64. The second-order valence-electron chi connectivity index (χ2n) is 9.22. The van der Waals surface area contributed by atoms with Crippen molar-refractivity contribution < 1.29 is 14.2 Å². The number of pyridine rings is 1. The Bertz CT molecular complexity index is 1170. The molecule has 2 aromatic heterocycles. The van der Waals surface area contributed by atoms with Gasteiger partial charge < -0.3 is 24.0 Å². The van der Waals surface area contributed by atoms with E-state index in [4.69, 9.17) is 29.2 Å². The molecule has 0 saturated carbocycles. The molecule has 0 amide bonds. The minimum absolute atomic E-state index is 0.207. The molecule has 2 atom stereocenters. The van der Waals surface area contributed by atoms with E-state index in [0.29, 0.717) is 44.6 Å². The van der Waals surface area contributed by atoms with Crippen molar-refractivity contribution in [1.82, 2.24) is 15.0 Å². The second-order valence-corrected chi connectivity index (χ2v) is 9.22. The SMILES string of the molecule is COCc1cc(-c2ccc3c(N4CCOCC4C)nc(N4CCOCC4C)nc3n2)ccc1C. The number of nitrogens with zero attached hydrogens (tertiary/aromatic N) is 5. The lowest BCUT2D eigenvalue weighted by atomic mass is 10.0. The minimum atomic E-state index is 0.207. The molecule has 3 aromatic rings. The molecule has 2 fully saturated rings. The van der Waals surface area contributed by atoms with Crippen LogP contribution < -0.4 is 9.80 Å². The van der Waals surface area contributed by atoms with Crippen molar-refractivity contribution in [3.8, 4) is 11.3 Å². The van der Waals surface area contributed by atoms with Gasteiger partial charge in [0.25, 0.3) is 0 Å². The van der Waals surface area contributed by atoms with Crippen LogP contribution in [-0.2, 0) is 20.8 Å². The molecule has 2 aliphatic heterocycles. The average molecular weight is 464 g/mol. The predicted molar refractivity (Wildman–Crippen MR) is 133 cm³/mol. The van der Waals surface area contributed by atoms with E-state index in [0.717, 1.165) is 41.1 Å². The maximum Gasteiger partial charge on any atom is 0.229 e. The number of morpholine rings is 2. The Morgan fingerprint density at radius 2 is 1.68 bits per heavy atom. The van der Waals surface area contributed by atoms with Crippen molar-refractivity contribution in [3.63, 3.8) is 0 Å². The van der Waals surface area contributed by atoms with E-state index in [1.165, 1.54) is 5.56 Å². The number of benzene rings is 1. The van der Waals surface area contributed by atoms with Gasteiger partial charge >= 0.3 is 0 Å². The molecule has 0 radical (unpaired) electrons. The average Bonchev–Trinajstić information content (AvgIpc) is 2.85. The van der Waals surface area contributed by atoms with E-state index in [1.54, 1.807) is 7.11 Å². The molecule has 0 N–H and O–H groups in total. The predicted octanol–water partition coefficient (Wildman–Crippen LogP) is 3.60. The number of aryl methyl sites for hydroxylation is 1. The Morgan fingerprint density at radius 3 is 2.38 bits per heavy atom. The van der Waals surface area contributed by atoms with Gasteiger partial charge in [0.05, 0.1) is 56.2 Å². The first kappa shape index (κ1) is 23.0. The Balaban J connectivity index is 1.63. The Hall–Kier alpha value is -2.81. The monoisotopic (exact) mass is 463 g/mol. The first-order valence-electron chi connectivity index (χ1n) is 12.0. The number of rotatable bonds is 5. The van der Waals surface area contributed by atoms with Crippen LogP contribution in [0, 0.1) is 6.92 Å². The molecule has 0 spiro atoms. The van der Waals surface area contributed by atoms with Gasteiger partial charge in [-0.2, -0.15) is 9.97 Å². The second kappa shape index (κ2) is 9.82. The topological polar surface area (TPSA) is 72.8 Å². The van der Waals surface area contributed by atoms with E-state index < -0.39 is 0 Å². The van der Waals surface area contributed by atoms with E-state index in [1.807, 2.05) is 0 Å². The van der Waals surface area contributed by atoms with Crippen LogP contribution in [-0.4, -0.2) is 73.7 Å². The molecule has 2 aliphatic rings. The number of hydrogen-bond donors (Lipinski definition) is 0. The summed E-state index contributed by atoms with van der Waals surface area (Å²) >= 11 is 0. The third-order valence-electron chi connectivity index (χ3n) is 6.74. The summed E-state index contributed by atoms with van der Waals surface area (Å²) in [5.41, 5.74) is 5.03. The number of anilines is 2. The first-order valence-corrected chi connectivity index (χ1v) is 12.0. The van der Waals surface area contributed by atoms with Crippen molar-refractivity contribution in [2.75, 3.05) is 56.4 Å². The van der Waals surface area contributed by atoms with Gasteiger partial charge in [0.1, 0.15) is 5.82 Å². The van der Waals surface area contributed by atoms with Crippen LogP contribution in [0.15, 0.2) is 30.3 Å². The molecular formula is C26H33N5O3. The van der Waals surface area contributed by atoms with E-state index in [2.05, 4.69) is 60.9 Å². The fourth-order valence-electron chi connectivity index (χ4n) is 4.70. The zero-order chi connectivity index (χ0) is 23.7. The smallest absolute Gasteiger partial charge is 0.229 e. The van der Waals surface area contributed by atoms with Gasteiger partial charge in [0.15, 0.2) is 5.65 Å². The fourth-order valence-corrected chi connectivity index (χ4v) is 4.70. The number of ether oxygens (including phenoxy) is 3. The Morgan fingerprint density at radius 1 is 0.941 bits per heavy atom. The maximum absolute atomic E-state index is 5.69. The highest BCUT2D eigenvalue weighted by atomic mass is 16.5.